The molecule has 1 N–H and O–H groups in total. The Bertz CT molecular complexity index is 908. The number of anilines is 1. The van der Waals surface area contributed by atoms with E-state index in [1.807, 2.05) is 61.9 Å². The van der Waals surface area contributed by atoms with Crippen molar-refractivity contribution in [3.63, 3.8) is 0 Å². The van der Waals surface area contributed by atoms with Gasteiger partial charge < -0.3 is 15.0 Å². The van der Waals surface area contributed by atoms with E-state index in [2.05, 4.69) is 33.0 Å². The van der Waals surface area contributed by atoms with Crippen LogP contribution in [0.4, 0.5) is 5.82 Å². The summed E-state index contributed by atoms with van der Waals surface area (Å²) >= 11 is 0. The first-order valence-electron chi connectivity index (χ1n) is 11.7. The summed E-state index contributed by atoms with van der Waals surface area (Å²) in [7, 11) is 0. The predicted octanol–water partition coefficient (Wildman–Crippen LogP) is 4.72. The summed E-state index contributed by atoms with van der Waals surface area (Å²) in [5.41, 5.74) is 1.47. The van der Waals surface area contributed by atoms with Gasteiger partial charge in [0, 0.05) is 18.0 Å². The number of carbonyl (C=O) groups is 2. The number of aromatic nitrogens is 2. The highest BCUT2D eigenvalue weighted by atomic mass is 16.5. The molecular weight excluding hydrogens is 416 g/mol. The zero-order chi connectivity index (χ0) is 24.6. The summed E-state index contributed by atoms with van der Waals surface area (Å²) in [6.45, 7) is 15.3. The fourth-order valence-corrected chi connectivity index (χ4v) is 3.27. The lowest BCUT2D eigenvalue weighted by molar-refractivity contribution is -0.139. The third kappa shape index (κ3) is 8.31. The molecule has 1 aromatic carbocycles. The van der Waals surface area contributed by atoms with E-state index in [9.17, 15) is 9.59 Å². The Morgan fingerprint density at radius 3 is 2.33 bits per heavy atom. The molecule has 0 aliphatic heterocycles. The Labute approximate surface area is 198 Å². The highest BCUT2D eigenvalue weighted by molar-refractivity contribution is 5.94. The largest absolute Gasteiger partial charge is 0.367 e. The van der Waals surface area contributed by atoms with Crippen LogP contribution in [0.3, 0.4) is 0 Å². The van der Waals surface area contributed by atoms with Crippen LogP contribution in [-0.4, -0.2) is 46.2 Å². The van der Waals surface area contributed by atoms with E-state index >= 15 is 0 Å². The molecule has 1 aromatic heterocycles. The molecule has 182 valence electrons. The van der Waals surface area contributed by atoms with Crippen molar-refractivity contribution < 1.29 is 14.3 Å². The van der Waals surface area contributed by atoms with Gasteiger partial charge in [0.05, 0.1) is 24.4 Å². The van der Waals surface area contributed by atoms with Crippen molar-refractivity contribution in [2.45, 2.75) is 78.9 Å². The highest BCUT2D eigenvalue weighted by Crippen LogP contribution is 2.28. The molecule has 0 aliphatic rings. The number of hydrogen-bond acceptors (Lipinski definition) is 4. The molecule has 0 radical (unpaired) electrons. The molecule has 0 saturated carbocycles. The van der Waals surface area contributed by atoms with E-state index in [1.54, 1.807) is 4.90 Å². The summed E-state index contributed by atoms with van der Waals surface area (Å²) < 4.78 is 7.45. The molecule has 2 rings (SSSR count). The van der Waals surface area contributed by atoms with Gasteiger partial charge in [-0.3, -0.25) is 9.59 Å². The number of carbonyl (C=O) groups excluding carboxylic acids is 2. The van der Waals surface area contributed by atoms with Crippen LogP contribution in [0.1, 0.15) is 72.6 Å². The fourth-order valence-electron chi connectivity index (χ4n) is 3.27. The highest BCUT2D eigenvalue weighted by Gasteiger charge is 2.26. The maximum absolute atomic E-state index is 12.9. The molecule has 0 spiro atoms. The summed E-state index contributed by atoms with van der Waals surface area (Å²) in [6, 6.07) is 11.6. The summed E-state index contributed by atoms with van der Waals surface area (Å²) in [5.74, 6) is 0.211. The lowest BCUT2D eigenvalue weighted by Gasteiger charge is -2.24. The molecule has 33 heavy (non-hydrogen) atoms. The summed E-state index contributed by atoms with van der Waals surface area (Å²) in [6.07, 6.45) is 1.76. The topological polar surface area (TPSA) is 76.5 Å². The van der Waals surface area contributed by atoms with Crippen LogP contribution in [0.5, 0.6) is 0 Å². The lowest BCUT2D eigenvalue weighted by atomic mass is 9.92. The van der Waals surface area contributed by atoms with Crippen LogP contribution in [0.2, 0.25) is 0 Å². The minimum absolute atomic E-state index is 0.0201. The average Bonchev–Trinajstić information content (AvgIpc) is 3.16. The molecule has 0 fully saturated rings. The first-order chi connectivity index (χ1) is 15.4. The van der Waals surface area contributed by atoms with Crippen LogP contribution >= 0.6 is 0 Å². The van der Waals surface area contributed by atoms with Gasteiger partial charge in [0.15, 0.2) is 0 Å². The van der Waals surface area contributed by atoms with E-state index in [0.29, 0.717) is 19.0 Å². The predicted molar refractivity (Wildman–Crippen MR) is 132 cm³/mol. The van der Waals surface area contributed by atoms with Gasteiger partial charge in [-0.15, -0.1) is 0 Å². The van der Waals surface area contributed by atoms with Gasteiger partial charge >= 0.3 is 0 Å². The lowest BCUT2D eigenvalue weighted by Crippen LogP contribution is -2.41. The van der Waals surface area contributed by atoms with Gasteiger partial charge in [-0.25, -0.2) is 4.68 Å². The number of hydrogen-bond donors (Lipinski definition) is 1. The SMILES string of the molecule is CCCCN(CC(=O)Nc1cc(C(C)(C)C)nn1C(C)(C)C)C(=O)COCc1ccccc1. The van der Waals surface area contributed by atoms with Gasteiger partial charge in [0.25, 0.3) is 0 Å². The zero-order valence-corrected chi connectivity index (χ0v) is 21.3. The van der Waals surface area contributed by atoms with Crippen molar-refractivity contribution in [1.29, 1.82) is 0 Å². The molecular formula is C26H40N4O3. The number of rotatable bonds is 10. The quantitative estimate of drug-likeness (QED) is 0.561. The minimum Gasteiger partial charge on any atom is -0.367 e. The molecule has 1 heterocycles. The normalized spacial score (nSPS) is 12.0. The number of benzene rings is 1. The Hall–Kier alpha value is -2.67. The molecule has 0 saturated heterocycles. The maximum atomic E-state index is 12.9. The molecule has 0 atom stereocenters. The number of nitrogens with one attached hydrogen (secondary N) is 1. The fraction of sp³-hybridized carbons (Fsp3) is 0.577. The van der Waals surface area contributed by atoms with Gasteiger partial charge in [0.2, 0.25) is 11.8 Å². The van der Waals surface area contributed by atoms with Crippen molar-refractivity contribution in [3.8, 4) is 0 Å². The van der Waals surface area contributed by atoms with Crippen LogP contribution in [0.25, 0.3) is 0 Å². The number of nitrogens with zero attached hydrogens (tertiary/aromatic N) is 3. The second kappa shape index (κ2) is 11.5. The third-order valence-electron chi connectivity index (χ3n) is 5.19. The van der Waals surface area contributed by atoms with Crippen LogP contribution in [0.15, 0.2) is 36.4 Å². The number of ether oxygens (including phenoxy) is 1. The smallest absolute Gasteiger partial charge is 0.249 e. The minimum atomic E-state index is -0.297. The zero-order valence-electron chi connectivity index (χ0n) is 21.3. The van der Waals surface area contributed by atoms with Gasteiger partial charge in [-0.1, -0.05) is 64.4 Å². The van der Waals surface area contributed by atoms with Crippen molar-refractivity contribution in [2.24, 2.45) is 0 Å². The Morgan fingerprint density at radius 1 is 1.09 bits per heavy atom. The molecule has 0 bridgehead atoms. The molecule has 7 heteroatoms. The van der Waals surface area contributed by atoms with Crippen molar-refractivity contribution in [2.75, 3.05) is 25.0 Å². The number of amides is 2. The Morgan fingerprint density at radius 2 is 1.76 bits per heavy atom. The van der Waals surface area contributed by atoms with Crippen molar-refractivity contribution in [1.82, 2.24) is 14.7 Å². The van der Waals surface area contributed by atoms with E-state index in [4.69, 9.17) is 9.84 Å². The van der Waals surface area contributed by atoms with Crippen LogP contribution < -0.4 is 5.32 Å². The van der Waals surface area contributed by atoms with E-state index in [1.165, 1.54) is 0 Å². The average molecular weight is 457 g/mol. The maximum Gasteiger partial charge on any atom is 0.249 e. The van der Waals surface area contributed by atoms with Crippen molar-refractivity contribution in [3.05, 3.63) is 47.7 Å². The molecule has 0 unspecified atom stereocenters. The van der Waals surface area contributed by atoms with Gasteiger partial charge in [-0.05, 0) is 32.8 Å². The van der Waals surface area contributed by atoms with Gasteiger partial charge in [0.1, 0.15) is 12.4 Å². The Kier molecular flexibility index (Phi) is 9.23. The monoisotopic (exact) mass is 456 g/mol. The first kappa shape index (κ1) is 26.6. The van der Waals surface area contributed by atoms with E-state index in [-0.39, 0.29) is 35.9 Å². The second-order valence-electron chi connectivity index (χ2n) is 10.4. The van der Waals surface area contributed by atoms with E-state index < -0.39 is 0 Å². The van der Waals surface area contributed by atoms with Crippen LogP contribution in [0, 0.1) is 0 Å². The van der Waals surface area contributed by atoms with E-state index in [0.717, 1.165) is 24.1 Å². The molecule has 0 aliphatic carbocycles. The first-order valence-corrected chi connectivity index (χ1v) is 11.7. The van der Waals surface area contributed by atoms with Crippen LogP contribution in [-0.2, 0) is 31.9 Å². The molecule has 7 nitrogen and oxygen atoms in total. The summed E-state index contributed by atoms with van der Waals surface area (Å²) in [4.78, 5) is 27.3. The third-order valence-corrected chi connectivity index (χ3v) is 5.19. The van der Waals surface area contributed by atoms with Crippen molar-refractivity contribution >= 4 is 17.6 Å². The molecule has 2 aromatic rings. The standard InChI is InChI=1S/C26H40N4O3/c1-8-9-15-29(24(32)19-33-18-20-13-11-10-12-14-20)17-23(31)27-22-16-21(25(2,3)4)28-30(22)26(5,6)7/h10-14,16H,8-9,15,17-19H2,1-7H3,(H,27,31). The number of unbranched alkanes of at least 4 members (excludes halogenated alkanes) is 1. The van der Waals surface area contributed by atoms with Gasteiger partial charge in [-0.2, -0.15) is 5.10 Å². The summed E-state index contributed by atoms with van der Waals surface area (Å²) in [5, 5.41) is 7.72. The second-order valence-corrected chi connectivity index (χ2v) is 10.4. The molecule has 2 amide bonds. The Balaban J connectivity index is 2.05.